The van der Waals surface area contributed by atoms with Gasteiger partial charge in [-0.1, -0.05) is 12.2 Å². The van der Waals surface area contributed by atoms with Gasteiger partial charge in [0.1, 0.15) is 0 Å². The molecule has 0 aliphatic heterocycles. The van der Waals surface area contributed by atoms with Gasteiger partial charge < -0.3 is 9.66 Å². The van der Waals surface area contributed by atoms with Crippen LogP contribution in [0.3, 0.4) is 0 Å². The summed E-state index contributed by atoms with van der Waals surface area (Å²) in [6, 6.07) is 0. The van der Waals surface area contributed by atoms with Crippen LogP contribution in [0.4, 0.5) is 0 Å². The Balaban J connectivity index is -0.000000177. The zero-order chi connectivity index (χ0) is 9.49. The Bertz CT molecular complexity index is 220. The van der Waals surface area contributed by atoms with Crippen molar-refractivity contribution in [1.29, 1.82) is 0 Å². The summed E-state index contributed by atoms with van der Waals surface area (Å²) in [7, 11) is -4.07. The largest absolute Gasteiger partial charge is 1.00 e. The molecule has 0 atom stereocenters. The zero-order valence-corrected chi connectivity index (χ0v) is 9.80. The SMILES string of the molecule is C=C(C)CS(=O)(=O)[O-].O=CO.[Na+]. The molecule has 0 amide bonds. The van der Waals surface area contributed by atoms with E-state index in [0.29, 0.717) is 5.57 Å². The van der Waals surface area contributed by atoms with Crippen molar-refractivity contribution in [2.75, 3.05) is 5.75 Å². The van der Waals surface area contributed by atoms with E-state index < -0.39 is 15.9 Å². The molecule has 66 valence electrons. The molecule has 0 aromatic heterocycles. The van der Waals surface area contributed by atoms with E-state index in [1.54, 1.807) is 0 Å². The van der Waals surface area contributed by atoms with Gasteiger partial charge >= 0.3 is 29.6 Å². The molecule has 0 aliphatic carbocycles. The second-order valence-corrected chi connectivity index (χ2v) is 3.17. The molecule has 0 aromatic carbocycles. The van der Waals surface area contributed by atoms with Crippen molar-refractivity contribution in [3.05, 3.63) is 12.2 Å². The monoisotopic (exact) mass is 204 g/mol. The Morgan fingerprint density at radius 1 is 1.67 bits per heavy atom. The molecule has 0 fully saturated rings. The maximum absolute atomic E-state index is 9.83. The van der Waals surface area contributed by atoms with Crippen molar-refractivity contribution in [3.8, 4) is 0 Å². The average molecular weight is 204 g/mol. The molecule has 0 rings (SSSR count). The van der Waals surface area contributed by atoms with Crippen LogP contribution in [0, 0.1) is 0 Å². The first-order valence-electron chi connectivity index (χ1n) is 2.49. The van der Waals surface area contributed by atoms with Crippen LogP contribution < -0.4 is 29.6 Å². The van der Waals surface area contributed by atoms with Crippen molar-refractivity contribution in [2.24, 2.45) is 0 Å². The molecular weight excluding hydrogens is 195 g/mol. The van der Waals surface area contributed by atoms with Crippen LogP contribution in [0.2, 0.25) is 0 Å². The van der Waals surface area contributed by atoms with E-state index in [1.165, 1.54) is 6.92 Å². The maximum atomic E-state index is 9.83. The maximum Gasteiger partial charge on any atom is 1.00 e. The number of rotatable bonds is 2. The summed E-state index contributed by atoms with van der Waals surface area (Å²) >= 11 is 0. The van der Waals surface area contributed by atoms with Crippen molar-refractivity contribution < 1.29 is 52.4 Å². The predicted octanol–water partition coefficient (Wildman–Crippen LogP) is -3.19. The van der Waals surface area contributed by atoms with Gasteiger partial charge in [0.2, 0.25) is 0 Å². The molecule has 0 aromatic rings. The van der Waals surface area contributed by atoms with Gasteiger partial charge in [0.15, 0.2) is 0 Å². The van der Waals surface area contributed by atoms with Crippen LogP contribution in [0.1, 0.15) is 6.92 Å². The second-order valence-electron chi connectivity index (χ2n) is 1.76. The summed E-state index contributed by atoms with van der Waals surface area (Å²) in [6.45, 7) is 4.51. The van der Waals surface area contributed by atoms with Crippen molar-refractivity contribution in [2.45, 2.75) is 6.92 Å². The van der Waals surface area contributed by atoms with E-state index in [0.717, 1.165) is 0 Å². The summed E-state index contributed by atoms with van der Waals surface area (Å²) in [4.78, 5) is 8.36. The van der Waals surface area contributed by atoms with Gasteiger partial charge in [0, 0.05) is 0 Å². The van der Waals surface area contributed by atoms with Gasteiger partial charge in [0.05, 0.1) is 15.9 Å². The van der Waals surface area contributed by atoms with Gasteiger partial charge in [-0.3, -0.25) is 4.79 Å². The molecule has 1 N–H and O–H groups in total. The van der Waals surface area contributed by atoms with Gasteiger partial charge in [-0.2, -0.15) is 0 Å². The van der Waals surface area contributed by atoms with Crippen molar-refractivity contribution in [3.63, 3.8) is 0 Å². The third kappa shape index (κ3) is 32.1. The summed E-state index contributed by atoms with van der Waals surface area (Å²) in [5, 5.41) is 6.89. The fourth-order valence-electron chi connectivity index (χ4n) is 0.302. The normalized spacial score (nSPS) is 8.50. The molecule has 0 radical (unpaired) electrons. The Labute approximate surface area is 93.5 Å². The molecule has 0 unspecified atom stereocenters. The van der Waals surface area contributed by atoms with Gasteiger partial charge in [-0.15, -0.1) is 0 Å². The van der Waals surface area contributed by atoms with Crippen LogP contribution in [-0.4, -0.2) is 30.3 Å². The van der Waals surface area contributed by atoms with Crippen LogP contribution in [0.25, 0.3) is 0 Å². The summed E-state index contributed by atoms with van der Waals surface area (Å²) < 4.78 is 29.5. The van der Waals surface area contributed by atoms with Crippen LogP contribution >= 0.6 is 0 Å². The molecule has 0 aliphatic rings. The topological polar surface area (TPSA) is 94.5 Å². The van der Waals surface area contributed by atoms with Gasteiger partial charge in [-0.25, -0.2) is 8.42 Å². The predicted molar refractivity (Wildman–Crippen MR) is 38.1 cm³/mol. The Hall–Kier alpha value is 0.120. The molecule has 12 heavy (non-hydrogen) atoms. The third-order valence-corrected chi connectivity index (χ3v) is 1.27. The number of carboxylic acid groups (broad SMARTS) is 1. The van der Waals surface area contributed by atoms with E-state index in [-0.39, 0.29) is 36.0 Å². The number of hydrogen-bond acceptors (Lipinski definition) is 4. The molecule has 0 bridgehead atoms. The third-order valence-electron chi connectivity index (χ3n) is 0.423. The molecule has 0 spiro atoms. The minimum atomic E-state index is -4.07. The standard InChI is InChI=1S/C4H8O3S.CH2O2.Na/c1-4(2)3-8(5,6)7;2-1-3;/h1,3H2,2H3,(H,5,6,7);1H,(H,2,3);/q;;+1/p-1. The molecule has 0 heterocycles. The first-order chi connectivity index (χ1) is 4.83. The van der Waals surface area contributed by atoms with Crippen LogP contribution in [0.15, 0.2) is 12.2 Å². The molecule has 7 heteroatoms. The molecule has 5 nitrogen and oxygen atoms in total. The Morgan fingerprint density at radius 3 is 1.92 bits per heavy atom. The van der Waals surface area contributed by atoms with Gasteiger partial charge in [-0.05, 0) is 6.92 Å². The summed E-state index contributed by atoms with van der Waals surface area (Å²) in [5.41, 5.74) is 0.375. The second kappa shape index (κ2) is 9.21. The summed E-state index contributed by atoms with van der Waals surface area (Å²) in [5.74, 6) is -0.451. The molecule has 0 saturated heterocycles. The smallest absolute Gasteiger partial charge is 0.748 e. The van der Waals surface area contributed by atoms with Crippen molar-refractivity contribution in [1.82, 2.24) is 0 Å². The van der Waals surface area contributed by atoms with Crippen LogP contribution in [-0.2, 0) is 14.9 Å². The summed E-state index contributed by atoms with van der Waals surface area (Å²) in [6.07, 6.45) is 0. The fraction of sp³-hybridized carbons (Fsp3) is 0.400. The Kier molecular flexibility index (Phi) is 13.8. The number of carbonyl (C=O) groups is 1. The van der Waals surface area contributed by atoms with E-state index in [2.05, 4.69) is 6.58 Å². The minimum absolute atomic E-state index is 0. The molecular formula is C5H9NaO5S. The van der Waals surface area contributed by atoms with Crippen LogP contribution in [0.5, 0.6) is 0 Å². The van der Waals surface area contributed by atoms with E-state index in [1.807, 2.05) is 0 Å². The van der Waals surface area contributed by atoms with Gasteiger partial charge in [0.25, 0.3) is 6.47 Å². The van der Waals surface area contributed by atoms with E-state index >= 15 is 0 Å². The first-order valence-corrected chi connectivity index (χ1v) is 4.07. The first kappa shape index (κ1) is 18.0. The van der Waals surface area contributed by atoms with E-state index in [4.69, 9.17) is 9.90 Å². The molecule has 0 saturated carbocycles. The average Bonchev–Trinajstić information content (AvgIpc) is 1.57. The van der Waals surface area contributed by atoms with E-state index in [9.17, 15) is 13.0 Å². The van der Waals surface area contributed by atoms with Crippen molar-refractivity contribution >= 4 is 16.6 Å². The minimum Gasteiger partial charge on any atom is -0.748 e. The fourth-order valence-corrected chi connectivity index (χ4v) is 0.905. The number of hydrogen-bond donors (Lipinski definition) is 1. The Morgan fingerprint density at radius 2 is 1.92 bits per heavy atom. The zero-order valence-electron chi connectivity index (χ0n) is 6.98. The quantitative estimate of drug-likeness (QED) is 0.221.